The lowest BCUT2D eigenvalue weighted by molar-refractivity contribution is -0.114. The molecule has 7 heteroatoms. The van der Waals surface area contributed by atoms with E-state index >= 15 is 0 Å². The Bertz CT molecular complexity index is 507. The third kappa shape index (κ3) is 1.71. The molecule has 2 aromatic rings. The van der Waals surface area contributed by atoms with E-state index in [1.54, 1.807) is 0 Å². The minimum absolute atomic E-state index is 0.180. The van der Waals surface area contributed by atoms with Gasteiger partial charge in [0.05, 0.1) is 13.4 Å². The minimum Gasteiger partial charge on any atom is -0.479 e. The van der Waals surface area contributed by atoms with Crippen LogP contribution in [-0.4, -0.2) is 33.0 Å². The molecule has 0 aliphatic carbocycles. The van der Waals surface area contributed by atoms with Crippen LogP contribution in [0.1, 0.15) is 6.92 Å². The number of fused-ring (bicyclic) bond motifs is 1. The number of rotatable bonds is 2. The van der Waals surface area contributed by atoms with Gasteiger partial charge in [-0.3, -0.25) is 10.1 Å². The van der Waals surface area contributed by atoms with E-state index < -0.39 is 0 Å². The van der Waals surface area contributed by atoms with Crippen LogP contribution in [0.25, 0.3) is 11.2 Å². The molecule has 0 fully saturated rings. The summed E-state index contributed by atoms with van der Waals surface area (Å²) in [7, 11) is 1.49. The summed E-state index contributed by atoms with van der Waals surface area (Å²) >= 11 is 0. The highest BCUT2D eigenvalue weighted by atomic mass is 16.5. The van der Waals surface area contributed by atoms with Crippen molar-refractivity contribution in [2.45, 2.75) is 6.92 Å². The van der Waals surface area contributed by atoms with E-state index in [0.29, 0.717) is 17.0 Å². The Labute approximate surface area is 84.9 Å². The summed E-state index contributed by atoms with van der Waals surface area (Å²) in [5, 5.41) is 2.47. The molecule has 2 heterocycles. The summed E-state index contributed by atoms with van der Waals surface area (Å²) in [5.41, 5.74) is 1.05. The van der Waals surface area contributed by atoms with Crippen molar-refractivity contribution in [3.05, 3.63) is 6.33 Å². The van der Waals surface area contributed by atoms with Gasteiger partial charge in [-0.05, 0) is 0 Å². The topological polar surface area (TPSA) is 92.8 Å². The number of H-pyrrole nitrogens is 1. The number of hydrogen-bond acceptors (Lipinski definition) is 5. The second-order valence-corrected chi connectivity index (χ2v) is 2.84. The fourth-order valence-corrected chi connectivity index (χ4v) is 1.17. The summed E-state index contributed by atoms with van der Waals surface area (Å²) in [6.07, 6.45) is 1.49. The van der Waals surface area contributed by atoms with Gasteiger partial charge in [0.1, 0.15) is 5.52 Å². The van der Waals surface area contributed by atoms with Crippen molar-refractivity contribution in [2.24, 2.45) is 0 Å². The fourth-order valence-electron chi connectivity index (χ4n) is 1.17. The van der Waals surface area contributed by atoms with E-state index in [4.69, 9.17) is 4.74 Å². The number of methoxy groups -OCH3 is 1. The van der Waals surface area contributed by atoms with Gasteiger partial charge in [0.25, 0.3) is 0 Å². The molecule has 2 N–H and O–H groups in total. The van der Waals surface area contributed by atoms with E-state index in [-0.39, 0.29) is 11.9 Å². The molecule has 2 rings (SSSR count). The smallest absolute Gasteiger partial charge is 0.244 e. The third-order valence-electron chi connectivity index (χ3n) is 1.73. The second kappa shape index (κ2) is 3.52. The quantitative estimate of drug-likeness (QED) is 0.739. The lowest BCUT2D eigenvalue weighted by Crippen LogP contribution is -2.09. The average Bonchev–Trinajstić information content (AvgIpc) is 2.63. The van der Waals surface area contributed by atoms with Crippen molar-refractivity contribution in [3.63, 3.8) is 0 Å². The Kier molecular flexibility index (Phi) is 2.20. The van der Waals surface area contributed by atoms with Crippen LogP contribution in [0.15, 0.2) is 6.33 Å². The maximum Gasteiger partial charge on any atom is 0.244 e. The van der Waals surface area contributed by atoms with E-state index in [1.807, 2.05) is 0 Å². The van der Waals surface area contributed by atoms with Crippen molar-refractivity contribution >= 4 is 23.0 Å². The molecule has 0 bridgehead atoms. The van der Waals surface area contributed by atoms with Crippen LogP contribution in [-0.2, 0) is 4.79 Å². The lowest BCUT2D eigenvalue weighted by atomic mass is 10.5. The monoisotopic (exact) mass is 207 g/mol. The van der Waals surface area contributed by atoms with Crippen LogP contribution >= 0.6 is 0 Å². The number of carbonyl (C=O) groups excluding carboxylic acids is 1. The predicted octanol–water partition coefficient (Wildman–Crippen LogP) is 0.320. The fraction of sp³-hybridized carbons (Fsp3) is 0.250. The zero-order valence-corrected chi connectivity index (χ0v) is 8.24. The summed E-state index contributed by atoms with van der Waals surface area (Å²) in [6.45, 7) is 1.38. The summed E-state index contributed by atoms with van der Waals surface area (Å²) in [6, 6.07) is 0. The van der Waals surface area contributed by atoms with Gasteiger partial charge in [-0.15, -0.1) is 0 Å². The Balaban J connectivity index is 2.53. The molecule has 1 amide bonds. The maximum absolute atomic E-state index is 10.8. The number of anilines is 1. The van der Waals surface area contributed by atoms with Crippen LogP contribution in [0.2, 0.25) is 0 Å². The van der Waals surface area contributed by atoms with Crippen LogP contribution in [0.3, 0.4) is 0 Å². The van der Waals surface area contributed by atoms with Crippen LogP contribution in [0.4, 0.5) is 5.95 Å². The number of carbonyl (C=O) groups is 1. The van der Waals surface area contributed by atoms with Crippen molar-refractivity contribution in [2.75, 3.05) is 12.4 Å². The number of amides is 1. The van der Waals surface area contributed by atoms with Gasteiger partial charge in [0.15, 0.2) is 5.65 Å². The maximum atomic E-state index is 10.8. The molecule has 7 nitrogen and oxygen atoms in total. The zero-order chi connectivity index (χ0) is 10.8. The highest BCUT2D eigenvalue weighted by molar-refractivity contribution is 5.88. The van der Waals surface area contributed by atoms with Crippen LogP contribution in [0, 0.1) is 0 Å². The third-order valence-corrected chi connectivity index (χ3v) is 1.73. The highest BCUT2D eigenvalue weighted by Crippen LogP contribution is 2.19. The van der Waals surface area contributed by atoms with Crippen molar-refractivity contribution in [1.82, 2.24) is 19.9 Å². The van der Waals surface area contributed by atoms with E-state index in [0.717, 1.165) is 0 Å². The summed E-state index contributed by atoms with van der Waals surface area (Å²) < 4.78 is 5.03. The Morgan fingerprint density at radius 2 is 2.33 bits per heavy atom. The molecule has 0 aliphatic rings. The highest BCUT2D eigenvalue weighted by Gasteiger charge is 2.10. The lowest BCUT2D eigenvalue weighted by Gasteiger charge is -2.03. The Hall–Kier alpha value is -2.18. The SMILES string of the molecule is COc1nc(NC(C)=O)nc2nc[nH]c12. The number of nitrogens with zero attached hydrogens (tertiary/aromatic N) is 3. The van der Waals surface area contributed by atoms with Gasteiger partial charge in [0, 0.05) is 6.92 Å². The molecule has 0 radical (unpaired) electrons. The van der Waals surface area contributed by atoms with Gasteiger partial charge in [0.2, 0.25) is 17.7 Å². The number of hydrogen-bond donors (Lipinski definition) is 2. The van der Waals surface area contributed by atoms with Gasteiger partial charge >= 0.3 is 0 Å². The number of aromatic nitrogens is 4. The summed E-state index contributed by atoms with van der Waals surface area (Å²) in [5.74, 6) is 0.284. The van der Waals surface area contributed by atoms with Gasteiger partial charge in [-0.1, -0.05) is 0 Å². The number of imidazole rings is 1. The summed E-state index contributed by atoms with van der Waals surface area (Å²) in [4.78, 5) is 25.6. The van der Waals surface area contributed by atoms with Crippen LogP contribution in [0.5, 0.6) is 5.88 Å². The Morgan fingerprint density at radius 1 is 1.53 bits per heavy atom. The Morgan fingerprint density at radius 3 is 3.00 bits per heavy atom. The normalized spacial score (nSPS) is 10.3. The first-order valence-corrected chi connectivity index (χ1v) is 4.23. The number of nitrogens with one attached hydrogen (secondary N) is 2. The first-order chi connectivity index (χ1) is 7.20. The molecule has 0 unspecified atom stereocenters. The molecular formula is C8H9N5O2. The predicted molar refractivity (Wildman–Crippen MR) is 52.5 cm³/mol. The molecule has 0 saturated heterocycles. The molecule has 15 heavy (non-hydrogen) atoms. The zero-order valence-electron chi connectivity index (χ0n) is 8.24. The van der Waals surface area contributed by atoms with Crippen molar-refractivity contribution < 1.29 is 9.53 Å². The van der Waals surface area contributed by atoms with Crippen molar-refractivity contribution in [3.8, 4) is 5.88 Å². The molecule has 0 aromatic carbocycles. The number of aromatic amines is 1. The van der Waals surface area contributed by atoms with E-state index in [9.17, 15) is 4.79 Å². The van der Waals surface area contributed by atoms with Gasteiger partial charge < -0.3 is 9.72 Å². The van der Waals surface area contributed by atoms with E-state index in [2.05, 4.69) is 25.3 Å². The molecule has 2 aromatic heterocycles. The number of ether oxygens (including phenoxy) is 1. The molecule has 0 atom stereocenters. The van der Waals surface area contributed by atoms with Crippen LogP contribution < -0.4 is 10.1 Å². The average molecular weight is 207 g/mol. The minimum atomic E-state index is -0.244. The largest absolute Gasteiger partial charge is 0.479 e. The molecule has 78 valence electrons. The second-order valence-electron chi connectivity index (χ2n) is 2.84. The molecular weight excluding hydrogens is 198 g/mol. The first-order valence-electron chi connectivity index (χ1n) is 4.23. The molecule has 0 spiro atoms. The van der Waals surface area contributed by atoms with Crippen molar-refractivity contribution in [1.29, 1.82) is 0 Å². The van der Waals surface area contributed by atoms with Gasteiger partial charge in [-0.2, -0.15) is 9.97 Å². The molecule has 0 saturated carbocycles. The van der Waals surface area contributed by atoms with E-state index in [1.165, 1.54) is 20.4 Å². The van der Waals surface area contributed by atoms with Gasteiger partial charge in [-0.25, -0.2) is 4.98 Å². The first kappa shape index (κ1) is 9.38. The standard InChI is InChI=1S/C8H9N5O2/c1-4(14)11-8-12-6-5(9-3-10-6)7(13-8)15-2/h3H,1-2H3,(H2,9,10,11,12,13,14). The molecule has 0 aliphatic heterocycles.